The smallest absolute Gasteiger partial charge is 0.255 e. The Bertz CT molecular complexity index is 976. The molecule has 3 amide bonds. The van der Waals surface area contributed by atoms with Crippen molar-refractivity contribution in [2.45, 2.75) is 57.0 Å². The zero-order valence-electron chi connectivity index (χ0n) is 15.4. The summed E-state index contributed by atoms with van der Waals surface area (Å²) < 4.78 is 1.72. The summed E-state index contributed by atoms with van der Waals surface area (Å²) in [6, 6.07) is 5.05. The number of nitrogens with one attached hydrogen (secondary N) is 1. The molecular weight excluding hydrogens is 358 g/mol. The van der Waals surface area contributed by atoms with E-state index < -0.39 is 11.9 Å². The van der Waals surface area contributed by atoms with Gasteiger partial charge in [-0.2, -0.15) is 0 Å². The molecule has 5 rings (SSSR count). The maximum absolute atomic E-state index is 12.9. The van der Waals surface area contributed by atoms with Crippen molar-refractivity contribution in [3.63, 3.8) is 0 Å². The highest BCUT2D eigenvalue weighted by Gasteiger charge is 2.39. The highest BCUT2D eigenvalue weighted by Crippen LogP contribution is 2.33. The molecule has 1 saturated carbocycles. The number of benzene rings is 1. The summed E-state index contributed by atoms with van der Waals surface area (Å²) >= 11 is 0. The Morgan fingerprint density at radius 2 is 1.89 bits per heavy atom. The number of rotatable bonds is 3. The summed E-state index contributed by atoms with van der Waals surface area (Å²) in [6.45, 7) is 0.380. The van der Waals surface area contributed by atoms with Gasteiger partial charge in [0.05, 0.1) is 17.6 Å². The molecule has 1 unspecified atom stereocenters. The SMILES string of the molecule is O=C1CCC(N2Cc3ccc(-n4cc(C5CCCC5)nn4)cc3C2=O)C(=O)N1. The van der Waals surface area contributed by atoms with Crippen LogP contribution in [-0.2, 0) is 16.1 Å². The molecule has 3 aliphatic rings. The van der Waals surface area contributed by atoms with Gasteiger partial charge in [0.2, 0.25) is 11.8 Å². The fraction of sp³-hybridized carbons (Fsp3) is 0.450. The van der Waals surface area contributed by atoms with Gasteiger partial charge in [-0.25, -0.2) is 4.68 Å². The largest absolute Gasteiger partial charge is 0.322 e. The normalized spacial score (nSPS) is 22.6. The Morgan fingerprint density at radius 1 is 1.07 bits per heavy atom. The van der Waals surface area contributed by atoms with Crippen LogP contribution in [0.25, 0.3) is 5.69 Å². The first-order valence-corrected chi connectivity index (χ1v) is 9.80. The van der Waals surface area contributed by atoms with Crippen LogP contribution in [0.15, 0.2) is 24.4 Å². The van der Waals surface area contributed by atoms with Crippen LogP contribution < -0.4 is 5.32 Å². The number of hydrogen-bond acceptors (Lipinski definition) is 5. The van der Waals surface area contributed by atoms with Crippen LogP contribution >= 0.6 is 0 Å². The van der Waals surface area contributed by atoms with E-state index in [4.69, 9.17) is 0 Å². The van der Waals surface area contributed by atoms with Crippen LogP contribution in [0.2, 0.25) is 0 Å². The lowest BCUT2D eigenvalue weighted by Crippen LogP contribution is -2.52. The third-order valence-electron chi connectivity index (χ3n) is 6.06. The van der Waals surface area contributed by atoms with Crippen molar-refractivity contribution in [2.75, 3.05) is 0 Å². The quantitative estimate of drug-likeness (QED) is 0.819. The van der Waals surface area contributed by atoms with Gasteiger partial charge in [0.1, 0.15) is 6.04 Å². The summed E-state index contributed by atoms with van der Waals surface area (Å²) in [5, 5.41) is 10.9. The van der Waals surface area contributed by atoms with Gasteiger partial charge < -0.3 is 4.90 Å². The fourth-order valence-electron chi connectivity index (χ4n) is 4.50. The average molecular weight is 379 g/mol. The molecule has 28 heavy (non-hydrogen) atoms. The molecule has 1 atom stereocenters. The predicted octanol–water partition coefficient (Wildman–Crippen LogP) is 1.69. The Balaban J connectivity index is 1.39. The number of nitrogens with zero attached hydrogens (tertiary/aromatic N) is 4. The van der Waals surface area contributed by atoms with Gasteiger partial charge in [-0.05, 0) is 37.0 Å². The second kappa shape index (κ2) is 6.54. The third-order valence-corrected chi connectivity index (χ3v) is 6.06. The van der Waals surface area contributed by atoms with Crippen molar-refractivity contribution in [1.82, 2.24) is 25.2 Å². The van der Waals surface area contributed by atoms with Gasteiger partial charge in [-0.1, -0.05) is 24.1 Å². The molecule has 1 saturated heterocycles. The van der Waals surface area contributed by atoms with E-state index in [1.165, 1.54) is 12.8 Å². The number of fused-ring (bicyclic) bond motifs is 1. The van der Waals surface area contributed by atoms with Crippen LogP contribution in [-0.4, -0.2) is 43.7 Å². The molecule has 3 heterocycles. The maximum atomic E-state index is 12.9. The molecule has 2 fully saturated rings. The minimum Gasteiger partial charge on any atom is -0.322 e. The Kier molecular flexibility index (Phi) is 3.99. The molecule has 1 aromatic heterocycles. The first-order chi connectivity index (χ1) is 13.6. The average Bonchev–Trinajstić information content (AvgIpc) is 3.42. The summed E-state index contributed by atoms with van der Waals surface area (Å²) in [5.74, 6) is -0.373. The lowest BCUT2D eigenvalue weighted by molar-refractivity contribution is -0.136. The highest BCUT2D eigenvalue weighted by molar-refractivity contribution is 6.05. The number of piperidine rings is 1. The highest BCUT2D eigenvalue weighted by atomic mass is 16.2. The molecule has 0 spiro atoms. The molecule has 1 aliphatic carbocycles. The molecule has 2 aliphatic heterocycles. The van der Waals surface area contributed by atoms with Gasteiger partial charge >= 0.3 is 0 Å². The Hall–Kier alpha value is -3.03. The minimum absolute atomic E-state index is 0.178. The lowest BCUT2D eigenvalue weighted by atomic mass is 10.0. The van der Waals surface area contributed by atoms with E-state index in [0.29, 0.717) is 24.4 Å². The van der Waals surface area contributed by atoms with Gasteiger partial charge in [0.25, 0.3) is 5.91 Å². The summed E-state index contributed by atoms with van der Waals surface area (Å²) in [6.07, 6.45) is 7.36. The second-order valence-corrected chi connectivity index (χ2v) is 7.81. The minimum atomic E-state index is -0.596. The molecule has 1 aromatic carbocycles. The van der Waals surface area contributed by atoms with Crippen molar-refractivity contribution in [1.29, 1.82) is 0 Å². The van der Waals surface area contributed by atoms with Crippen molar-refractivity contribution in [3.8, 4) is 5.69 Å². The van der Waals surface area contributed by atoms with Crippen molar-refractivity contribution in [3.05, 3.63) is 41.2 Å². The van der Waals surface area contributed by atoms with Crippen LogP contribution in [0.4, 0.5) is 0 Å². The monoisotopic (exact) mass is 379 g/mol. The topological polar surface area (TPSA) is 97.2 Å². The lowest BCUT2D eigenvalue weighted by Gasteiger charge is -2.29. The van der Waals surface area contributed by atoms with Crippen molar-refractivity contribution >= 4 is 17.7 Å². The molecule has 8 heteroatoms. The first-order valence-electron chi connectivity index (χ1n) is 9.80. The first kappa shape index (κ1) is 17.1. The second-order valence-electron chi connectivity index (χ2n) is 7.81. The number of aromatic nitrogens is 3. The van der Waals surface area contributed by atoms with E-state index in [-0.39, 0.29) is 18.2 Å². The molecular formula is C20H21N5O3. The van der Waals surface area contributed by atoms with E-state index in [2.05, 4.69) is 15.6 Å². The molecule has 0 radical (unpaired) electrons. The van der Waals surface area contributed by atoms with Crippen molar-refractivity contribution < 1.29 is 14.4 Å². The van der Waals surface area contributed by atoms with E-state index >= 15 is 0 Å². The van der Waals surface area contributed by atoms with Crippen LogP contribution in [0.5, 0.6) is 0 Å². The molecule has 8 nitrogen and oxygen atoms in total. The maximum Gasteiger partial charge on any atom is 0.255 e. The van der Waals surface area contributed by atoms with Crippen LogP contribution in [0, 0.1) is 0 Å². The van der Waals surface area contributed by atoms with Gasteiger partial charge in [0, 0.05) is 24.4 Å². The molecule has 1 N–H and O–H groups in total. The fourth-order valence-corrected chi connectivity index (χ4v) is 4.50. The van der Waals surface area contributed by atoms with E-state index in [1.54, 1.807) is 9.58 Å². The number of carbonyl (C=O) groups is 3. The van der Waals surface area contributed by atoms with E-state index in [9.17, 15) is 14.4 Å². The summed E-state index contributed by atoms with van der Waals surface area (Å²) in [7, 11) is 0. The third kappa shape index (κ3) is 2.80. The van der Waals surface area contributed by atoms with Crippen LogP contribution in [0.3, 0.4) is 0 Å². The van der Waals surface area contributed by atoms with Gasteiger partial charge in [-0.15, -0.1) is 5.10 Å². The molecule has 0 bridgehead atoms. The zero-order valence-corrected chi connectivity index (χ0v) is 15.4. The Morgan fingerprint density at radius 3 is 2.68 bits per heavy atom. The van der Waals surface area contributed by atoms with E-state index in [1.807, 2.05) is 24.4 Å². The number of hydrogen-bond donors (Lipinski definition) is 1. The number of carbonyl (C=O) groups excluding carboxylic acids is 3. The summed E-state index contributed by atoms with van der Waals surface area (Å²) in [5.41, 5.74) is 3.26. The number of imide groups is 1. The van der Waals surface area contributed by atoms with Crippen molar-refractivity contribution in [2.24, 2.45) is 0 Å². The number of amides is 3. The molecule has 144 valence electrons. The molecule has 2 aromatic rings. The summed E-state index contributed by atoms with van der Waals surface area (Å²) in [4.78, 5) is 38.0. The zero-order chi connectivity index (χ0) is 19.3. The Labute approximate surface area is 161 Å². The van der Waals surface area contributed by atoms with Crippen LogP contribution in [0.1, 0.15) is 66.1 Å². The standard InChI is InChI=1S/C20H21N5O3/c26-18-8-7-17(19(27)21-18)24-10-13-5-6-14(9-15(13)20(24)28)25-11-16(22-23-25)12-3-1-2-4-12/h5-6,9,11-12,17H,1-4,7-8,10H2,(H,21,26,27). The van der Waals surface area contributed by atoms with E-state index in [0.717, 1.165) is 29.8 Å². The van der Waals surface area contributed by atoms with Gasteiger partial charge in [-0.3, -0.25) is 19.7 Å². The predicted molar refractivity (Wildman–Crippen MR) is 98.6 cm³/mol. The van der Waals surface area contributed by atoms with Gasteiger partial charge in [0.15, 0.2) is 0 Å².